The van der Waals surface area contributed by atoms with Crippen LogP contribution in [0.3, 0.4) is 0 Å². The lowest BCUT2D eigenvalue weighted by Crippen LogP contribution is -2.27. The highest BCUT2D eigenvalue weighted by Gasteiger charge is 2.35. The number of azide groups is 1. The summed E-state index contributed by atoms with van der Waals surface area (Å²) in [5, 5.41) is 5.10. The van der Waals surface area contributed by atoms with E-state index in [2.05, 4.69) is 10.0 Å². The lowest BCUT2D eigenvalue weighted by atomic mass is 9.96. The van der Waals surface area contributed by atoms with Crippen LogP contribution in [-0.2, 0) is 9.09 Å². The van der Waals surface area contributed by atoms with Crippen molar-refractivity contribution in [3.63, 3.8) is 0 Å². The Morgan fingerprint density at radius 3 is 1.75 bits per heavy atom. The van der Waals surface area contributed by atoms with Gasteiger partial charge in [-0.25, -0.2) is 0 Å². The van der Waals surface area contributed by atoms with E-state index in [4.69, 9.17) is 4.52 Å². The van der Waals surface area contributed by atoms with Crippen LogP contribution in [0.25, 0.3) is 10.4 Å². The van der Waals surface area contributed by atoms with Crippen molar-refractivity contribution < 1.29 is 13.9 Å². The Labute approximate surface area is 210 Å². The number of hydrogen-bond donors (Lipinski definition) is 0. The number of Topliss-reactive ketones (excluding diaryl/α,β-unsaturated/α-hetero) is 1. The van der Waals surface area contributed by atoms with E-state index in [0.29, 0.717) is 16.2 Å². The molecule has 0 amide bonds. The zero-order valence-electron chi connectivity index (χ0n) is 19.6. The third-order valence-electron chi connectivity index (χ3n) is 5.90. The number of benzene rings is 4. The predicted molar refractivity (Wildman–Crippen MR) is 143 cm³/mol. The molecule has 0 radical (unpaired) electrons. The highest BCUT2D eigenvalue weighted by molar-refractivity contribution is 7.74. The third kappa shape index (κ3) is 5.99. The van der Waals surface area contributed by atoms with Crippen LogP contribution in [0.2, 0.25) is 0 Å². The monoisotopic (exact) mass is 495 g/mol. The maximum atomic E-state index is 14.6. The Hall–Kier alpha value is -3.95. The molecule has 0 saturated carbocycles. The second-order valence-corrected chi connectivity index (χ2v) is 10.6. The molecular weight excluding hydrogens is 469 g/mol. The molecule has 180 valence electrons. The minimum Gasteiger partial charge on any atom is -0.318 e. The van der Waals surface area contributed by atoms with Crippen molar-refractivity contribution in [2.75, 3.05) is 0 Å². The van der Waals surface area contributed by atoms with Crippen LogP contribution in [0.5, 0.6) is 0 Å². The van der Waals surface area contributed by atoms with E-state index in [9.17, 15) is 14.9 Å². The van der Waals surface area contributed by atoms with Crippen LogP contribution in [0, 0.1) is 0 Å². The van der Waals surface area contributed by atoms with Gasteiger partial charge in [-0.3, -0.25) is 9.36 Å². The van der Waals surface area contributed by atoms with Crippen molar-refractivity contribution in [2.45, 2.75) is 25.0 Å². The first-order chi connectivity index (χ1) is 17.6. The molecule has 0 unspecified atom stereocenters. The molecule has 0 aliphatic rings. The maximum Gasteiger partial charge on any atom is 0.261 e. The molecule has 0 aliphatic carbocycles. The van der Waals surface area contributed by atoms with Gasteiger partial charge in [-0.15, -0.1) is 0 Å². The molecular formula is C29H26N3O3P. The van der Waals surface area contributed by atoms with Gasteiger partial charge in [-0.1, -0.05) is 102 Å². The fourth-order valence-electron chi connectivity index (χ4n) is 4.08. The Bertz CT molecular complexity index is 1320. The third-order valence-corrected chi connectivity index (χ3v) is 8.42. The Morgan fingerprint density at radius 2 is 1.25 bits per heavy atom. The number of carbonyl (C=O) groups is 1. The van der Waals surface area contributed by atoms with Crippen LogP contribution in [0.1, 0.15) is 34.8 Å². The van der Waals surface area contributed by atoms with Crippen molar-refractivity contribution in [2.24, 2.45) is 5.11 Å². The summed E-state index contributed by atoms with van der Waals surface area (Å²) in [4.78, 5) is 16.0. The van der Waals surface area contributed by atoms with Gasteiger partial charge in [-0.2, -0.15) is 0 Å². The van der Waals surface area contributed by atoms with Gasteiger partial charge in [0.2, 0.25) is 0 Å². The van der Waals surface area contributed by atoms with Gasteiger partial charge in [0, 0.05) is 27.5 Å². The van der Waals surface area contributed by atoms with Gasteiger partial charge in [0.25, 0.3) is 7.37 Å². The van der Waals surface area contributed by atoms with Gasteiger partial charge in [-0.05, 0) is 41.8 Å². The van der Waals surface area contributed by atoms with Crippen molar-refractivity contribution in [3.8, 4) is 0 Å². The molecule has 6 nitrogen and oxygen atoms in total. The zero-order valence-corrected chi connectivity index (χ0v) is 20.5. The number of carbonyl (C=O) groups excluding carboxylic acids is 1. The molecule has 0 N–H and O–H groups in total. The van der Waals surface area contributed by atoms with Crippen LogP contribution < -0.4 is 10.6 Å². The molecule has 0 fully saturated rings. The first-order valence-corrected chi connectivity index (χ1v) is 13.3. The van der Waals surface area contributed by atoms with Crippen LogP contribution in [-0.4, -0.2) is 11.9 Å². The van der Waals surface area contributed by atoms with E-state index in [0.717, 1.165) is 5.56 Å². The Morgan fingerprint density at radius 1 is 0.778 bits per heavy atom. The molecule has 0 saturated heterocycles. The molecule has 2 atom stereocenters. The summed E-state index contributed by atoms with van der Waals surface area (Å²) in [6, 6.07) is 35.5. The fraction of sp³-hybridized carbons (Fsp3) is 0.138. The van der Waals surface area contributed by atoms with E-state index >= 15 is 0 Å². The summed E-state index contributed by atoms with van der Waals surface area (Å²) >= 11 is 0. The van der Waals surface area contributed by atoms with Gasteiger partial charge >= 0.3 is 0 Å². The molecule has 4 aromatic rings. The van der Waals surface area contributed by atoms with E-state index in [-0.39, 0.29) is 18.6 Å². The predicted octanol–water partition coefficient (Wildman–Crippen LogP) is 7.02. The van der Waals surface area contributed by atoms with Gasteiger partial charge in [0.1, 0.15) is 0 Å². The summed E-state index contributed by atoms with van der Waals surface area (Å²) in [7, 11) is -3.60. The lowest BCUT2D eigenvalue weighted by Gasteiger charge is -2.29. The summed E-state index contributed by atoms with van der Waals surface area (Å²) < 4.78 is 21.1. The molecule has 0 spiro atoms. The molecule has 0 bridgehead atoms. The molecule has 0 heterocycles. The maximum absolute atomic E-state index is 14.6. The zero-order chi connectivity index (χ0) is 25.2. The van der Waals surface area contributed by atoms with E-state index in [1.54, 1.807) is 36.4 Å². The van der Waals surface area contributed by atoms with E-state index in [1.807, 2.05) is 84.9 Å². The standard InChI is InChI=1S/C29H26N3O3P/c30-32-31-29(24-15-7-2-8-16-24)28(22-21-27(33)23-13-5-1-6-14-23)35-36(34,25-17-9-3-10-18-25)26-19-11-4-12-20-26/h1-20,28-29H,21-22H2/t28-,29-/m1/s1. The van der Waals surface area contributed by atoms with Crippen molar-refractivity contribution >= 4 is 23.8 Å². The summed E-state index contributed by atoms with van der Waals surface area (Å²) in [5.74, 6) is -0.0637. The first kappa shape index (κ1) is 25.2. The Balaban J connectivity index is 1.75. The topological polar surface area (TPSA) is 92.1 Å². The second-order valence-electron chi connectivity index (χ2n) is 8.25. The van der Waals surface area contributed by atoms with Gasteiger partial charge in [0.15, 0.2) is 5.78 Å². The lowest BCUT2D eigenvalue weighted by molar-refractivity contribution is 0.0944. The van der Waals surface area contributed by atoms with Crippen molar-refractivity contribution in [1.29, 1.82) is 0 Å². The first-order valence-electron chi connectivity index (χ1n) is 11.7. The summed E-state index contributed by atoms with van der Waals surface area (Å²) in [5.41, 5.74) is 10.7. The van der Waals surface area contributed by atoms with Crippen LogP contribution in [0.15, 0.2) is 126 Å². The van der Waals surface area contributed by atoms with Crippen LogP contribution >= 0.6 is 7.37 Å². The average molecular weight is 496 g/mol. The molecule has 36 heavy (non-hydrogen) atoms. The molecule has 0 aliphatic heterocycles. The number of hydrogen-bond acceptors (Lipinski definition) is 4. The van der Waals surface area contributed by atoms with Crippen LogP contribution in [0.4, 0.5) is 0 Å². The van der Waals surface area contributed by atoms with E-state index < -0.39 is 19.5 Å². The van der Waals surface area contributed by atoms with Gasteiger partial charge < -0.3 is 4.52 Å². The number of rotatable bonds is 11. The smallest absolute Gasteiger partial charge is 0.261 e. The molecule has 4 aromatic carbocycles. The quantitative estimate of drug-likeness (QED) is 0.0736. The SMILES string of the molecule is [N-]=[N+]=N[C@H](c1ccccc1)[C@@H](CCC(=O)c1ccccc1)OP(=O)(c1ccccc1)c1ccccc1. The highest BCUT2D eigenvalue weighted by Crippen LogP contribution is 2.49. The second kappa shape index (κ2) is 12.1. The minimum atomic E-state index is -3.60. The number of ketones is 1. The average Bonchev–Trinajstić information content (AvgIpc) is 2.95. The largest absolute Gasteiger partial charge is 0.318 e. The number of nitrogens with zero attached hydrogens (tertiary/aromatic N) is 3. The minimum absolute atomic E-state index is 0.0637. The molecule has 0 aromatic heterocycles. The summed E-state index contributed by atoms with van der Waals surface area (Å²) in [6.07, 6.45) is -0.458. The van der Waals surface area contributed by atoms with Crippen molar-refractivity contribution in [3.05, 3.63) is 143 Å². The fourth-order valence-corrected chi connectivity index (χ4v) is 6.35. The Kier molecular flexibility index (Phi) is 8.48. The molecule has 7 heteroatoms. The van der Waals surface area contributed by atoms with Gasteiger partial charge in [0.05, 0.1) is 12.1 Å². The summed E-state index contributed by atoms with van der Waals surface area (Å²) in [6.45, 7) is 0. The highest BCUT2D eigenvalue weighted by atomic mass is 31.2. The van der Waals surface area contributed by atoms with E-state index in [1.165, 1.54) is 0 Å². The van der Waals surface area contributed by atoms with Crippen molar-refractivity contribution in [1.82, 2.24) is 0 Å². The normalized spacial score (nSPS) is 12.8. The molecule has 4 rings (SSSR count).